The molecule has 1 heterocycles. The number of non-ortho nitro benzene ring substituents is 1. The molecule has 0 fully saturated rings. The average molecular weight is 351 g/mol. The molecule has 12 heteroatoms. The maximum absolute atomic E-state index is 11.0. The zero-order chi connectivity index (χ0) is 17.9. The van der Waals surface area contributed by atoms with Crippen molar-refractivity contribution in [1.82, 2.24) is 0 Å². The Morgan fingerprint density at radius 1 is 1.04 bits per heavy atom. The SMILES string of the molecule is Cc1sc(C=NNc2ccc([N+](=O)[O-])cc2[N+](=O)[O-])cc1[N+](=O)[O-]. The minimum absolute atomic E-state index is 0.0374. The van der Waals surface area contributed by atoms with Gasteiger partial charge in [0.1, 0.15) is 5.69 Å². The Bertz CT molecular complexity index is 862. The predicted octanol–water partition coefficient (Wildman–Crippen LogP) is 3.23. The van der Waals surface area contributed by atoms with Crippen LogP contribution in [0.3, 0.4) is 0 Å². The molecule has 0 atom stereocenters. The lowest BCUT2D eigenvalue weighted by molar-refractivity contribution is -0.393. The summed E-state index contributed by atoms with van der Waals surface area (Å²) in [7, 11) is 0. The fourth-order valence-electron chi connectivity index (χ4n) is 1.78. The molecular formula is C12H9N5O6S. The molecule has 1 aromatic heterocycles. The molecule has 0 bridgehead atoms. The first-order valence-corrected chi connectivity index (χ1v) is 7.08. The van der Waals surface area contributed by atoms with E-state index in [0.29, 0.717) is 9.75 Å². The molecule has 2 rings (SSSR count). The van der Waals surface area contributed by atoms with Crippen LogP contribution in [0, 0.1) is 37.3 Å². The van der Waals surface area contributed by atoms with Crippen LogP contribution >= 0.6 is 11.3 Å². The third kappa shape index (κ3) is 3.67. The van der Waals surface area contributed by atoms with E-state index < -0.39 is 26.1 Å². The minimum Gasteiger partial charge on any atom is -0.272 e. The number of hydrogen-bond acceptors (Lipinski definition) is 9. The number of anilines is 1. The van der Waals surface area contributed by atoms with Crippen molar-refractivity contribution in [2.45, 2.75) is 6.92 Å². The van der Waals surface area contributed by atoms with E-state index in [1.54, 1.807) is 6.92 Å². The summed E-state index contributed by atoms with van der Waals surface area (Å²) < 4.78 is 0. The van der Waals surface area contributed by atoms with Gasteiger partial charge in [-0.1, -0.05) is 0 Å². The largest absolute Gasteiger partial charge is 0.301 e. The van der Waals surface area contributed by atoms with Gasteiger partial charge in [0, 0.05) is 12.1 Å². The fourth-order valence-corrected chi connectivity index (χ4v) is 2.65. The van der Waals surface area contributed by atoms with Crippen molar-refractivity contribution in [3.63, 3.8) is 0 Å². The maximum Gasteiger partial charge on any atom is 0.301 e. The highest BCUT2D eigenvalue weighted by Crippen LogP contribution is 2.29. The molecule has 0 aliphatic heterocycles. The molecule has 0 aliphatic rings. The average Bonchev–Trinajstić information content (AvgIpc) is 2.88. The van der Waals surface area contributed by atoms with Crippen molar-refractivity contribution in [2.24, 2.45) is 5.10 Å². The summed E-state index contributed by atoms with van der Waals surface area (Å²) in [6, 6.07) is 4.41. The molecule has 0 amide bonds. The van der Waals surface area contributed by atoms with Gasteiger partial charge in [-0.3, -0.25) is 35.8 Å². The number of nitro groups is 3. The zero-order valence-corrected chi connectivity index (χ0v) is 12.8. The molecule has 0 saturated carbocycles. The Kier molecular flexibility index (Phi) is 4.79. The lowest BCUT2D eigenvalue weighted by atomic mass is 10.2. The van der Waals surface area contributed by atoms with Gasteiger partial charge in [0.05, 0.1) is 36.8 Å². The number of aryl methyl sites for hydroxylation is 1. The topological polar surface area (TPSA) is 154 Å². The monoisotopic (exact) mass is 351 g/mol. The number of benzene rings is 1. The number of hydrogen-bond donors (Lipinski definition) is 1. The van der Waals surface area contributed by atoms with Gasteiger partial charge in [-0.25, -0.2) is 0 Å². The second-order valence-corrected chi connectivity index (χ2v) is 5.72. The second-order valence-electron chi connectivity index (χ2n) is 4.43. The number of thiophene rings is 1. The van der Waals surface area contributed by atoms with E-state index in [0.717, 1.165) is 29.5 Å². The van der Waals surface area contributed by atoms with Gasteiger partial charge in [0.15, 0.2) is 0 Å². The zero-order valence-electron chi connectivity index (χ0n) is 12.0. The highest BCUT2D eigenvalue weighted by Gasteiger charge is 2.19. The number of rotatable bonds is 6. The first kappa shape index (κ1) is 17.0. The third-order valence-corrected chi connectivity index (χ3v) is 3.85. The van der Waals surface area contributed by atoms with Crippen molar-refractivity contribution in [2.75, 3.05) is 5.43 Å². The van der Waals surface area contributed by atoms with E-state index in [9.17, 15) is 30.3 Å². The van der Waals surface area contributed by atoms with Crippen LogP contribution in [0.1, 0.15) is 9.75 Å². The van der Waals surface area contributed by atoms with Crippen LogP contribution in [0.5, 0.6) is 0 Å². The van der Waals surface area contributed by atoms with E-state index in [1.807, 2.05) is 0 Å². The molecule has 0 spiro atoms. The van der Waals surface area contributed by atoms with Crippen LogP contribution in [-0.4, -0.2) is 21.0 Å². The van der Waals surface area contributed by atoms with Crippen LogP contribution in [-0.2, 0) is 0 Å². The number of nitrogens with zero attached hydrogens (tertiary/aromatic N) is 4. The first-order valence-electron chi connectivity index (χ1n) is 6.26. The lowest BCUT2D eigenvalue weighted by Crippen LogP contribution is -1.98. The van der Waals surface area contributed by atoms with E-state index in [2.05, 4.69) is 10.5 Å². The van der Waals surface area contributed by atoms with E-state index in [1.165, 1.54) is 12.3 Å². The van der Waals surface area contributed by atoms with Crippen molar-refractivity contribution in [3.05, 3.63) is 64.4 Å². The number of hydrazone groups is 1. The van der Waals surface area contributed by atoms with E-state index in [4.69, 9.17) is 0 Å². The fraction of sp³-hybridized carbons (Fsp3) is 0.0833. The summed E-state index contributed by atoms with van der Waals surface area (Å²) in [5.41, 5.74) is 1.41. The summed E-state index contributed by atoms with van der Waals surface area (Å²) >= 11 is 1.14. The molecular weight excluding hydrogens is 342 g/mol. The number of nitro benzene ring substituents is 2. The van der Waals surface area contributed by atoms with E-state index >= 15 is 0 Å². The Morgan fingerprint density at radius 3 is 2.25 bits per heavy atom. The molecule has 24 heavy (non-hydrogen) atoms. The Hall–Kier alpha value is -3.41. The van der Waals surface area contributed by atoms with Gasteiger partial charge in [0.25, 0.3) is 11.4 Å². The summed E-state index contributed by atoms with van der Waals surface area (Å²) in [6.45, 7) is 1.59. The van der Waals surface area contributed by atoms with Crippen molar-refractivity contribution in [1.29, 1.82) is 0 Å². The van der Waals surface area contributed by atoms with Crippen LogP contribution in [0.15, 0.2) is 29.4 Å². The predicted molar refractivity (Wildman–Crippen MR) is 86.7 cm³/mol. The van der Waals surface area contributed by atoms with Crippen LogP contribution < -0.4 is 5.43 Å². The smallest absolute Gasteiger partial charge is 0.272 e. The van der Waals surface area contributed by atoms with Crippen LogP contribution in [0.2, 0.25) is 0 Å². The molecule has 11 nitrogen and oxygen atoms in total. The van der Waals surface area contributed by atoms with Gasteiger partial charge < -0.3 is 0 Å². The highest BCUT2D eigenvalue weighted by atomic mass is 32.1. The highest BCUT2D eigenvalue weighted by molar-refractivity contribution is 7.14. The Balaban J connectivity index is 2.22. The summed E-state index contributed by atoms with van der Waals surface area (Å²) in [6.07, 6.45) is 1.27. The molecule has 0 aliphatic carbocycles. The van der Waals surface area contributed by atoms with Crippen molar-refractivity contribution >= 4 is 40.3 Å². The minimum atomic E-state index is -0.773. The molecule has 0 saturated heterocycles. The van der Waals surface area contributed by atoms with Gasteiger partial charge in [-0.15, -0.1) is 11.3 Å². The number of nitrogens with one attached hydrogen (secondary N) is 1. The summed E-state index contributed by atoms with van der Waals surface area (Å²) in [5, 5.41) is 36.2. The second kappa shape index (κ2) is 6.78. The normalized spacial score (nSPS) is 10.7. The van der Waals surface area contributed by atoms with Gasteiger partial charge in [0.2, 0.25) is 0 Å². The summed E-state index contributed by atoms with van der Waals surface area (Å²) in [4.78, 5) is 31.3. The molecule has 0 unspecified atom stereocenters. The molecule has 0 radical (unpaired) electrons. The Labute approximate surface area is 137 Å². The van der Waals surface area contributed by atoms with Gasteiger partial charge >= 0.3 is 5.69 Å². The quantitative estimate of drug-likeness (QED) is 0.476. The Morgan fingerprint density at radius 2 is 1.71 bits per heavy atom. The standard InChI is InChI=1S/C12H9N5O6S/c1-7-11(16(20)21)5-9(24-7)6-13-14-10-3-2-8(15(18)19)4-12(10)17(22)23/h2-6,14H,1H3. The van der Waals surface area contributed by atoms with Crippen LogP contribution in [0.4, 0.5) is 22.7 Å². The maximum atomic E-state index is 11.0. The van der Waals surface area contributed by atoms with Gasteiger partial charge in [-0.2, -0.15) is 5.10 Å². The lowest BCUT2D eigenvalue weighted by Gasteiger charge is -2.01. The molecule has 1 N–H and O–H groups in total. The molecule has 2 aromatic rings. The van der Waals surface area contributed by atoms with Crippen LogP contribution in [0.25, 0.3) is 0 Å². The van der Waals surface area contributed by atoms with E-state index in [-0.39, 0.29) is 11.4 Å². The van der Waals surface area contributed by atoms with Crippen molar-refractivity contribution < 1.29 is 14.8 Å². The first-order chi connectivity index (χ1) is 11.3. The third-order valence-electron chi connectivity index (χ3n) is 2.87. The molecule has 124 valence electrons. The molecule has 1 aromatic carbocycles. The van der Waals surface area contributed by atoms with Gasteiger partial charge in [-0.05, 0) is 13.0 Å². The summed E-state index contributed by atoms with van der Waals surface area (Å²) in [5.74, 6) is 0. The van der Waals surface area contributed by atoms with Crippen molar-refractivity contribution in [3.8, 4) is 0 Å².